The van der Waals surface area contributed by atoms with E-state index >= 15 is 0 Å². The number of hydrogen-bond acceptors (Lipinski definition) is 3. The maximum absolute atomic E-state index is 12.9. The molecule has 4 heteroatoms. The summed E-state index contributed by atoms with van der Waals surface area (Å²) in [6.07, 6.45) is 1.13. The Labute approximate surface area is 95.6 Å². The standard InChI is InChI=1S/C12H18FN3/c1-15(2)10-5-6-16(8-10)12-4-3-9(13)7-11(12)14/h3-4,7,10H,5-6,8,14H2,1-2H3. The Morgan fingerprint density at radius 1 is 1.44 bits per heavy atom. The van der Waals surface area contributed by atoms with Gasteiger partial charge in [-0.2, -0.15) is 0 Å². The summed E-state index contributed by atoms with van der Waals surface area (Å²) in [5.41, 5.74) is 7.30. The highest BCUT2D eigenvalue weighted by molar-refractivity contribution is 5.68. The zero-order valence-corrected chi connectivity index (χ0v) is 9.78. The summed E-state index contributed by atoms with van der Waals surface area (Å²) in [7, 11) is 4.17. The van der Waals surface area contributed by atoms with E-state index in [1.165, 1.54) is 12.1 Å². The molecule has 0 saturated carbocycles. The molecule has 1 atom stereocenters. The van der Waals surface area contributed by atoms with E-state index in [0.29, 0.717) is 11.7 Å². The molecule has 3 nitrogen and oxygen atoms in total. The molecule has 88 valence electrons. The van der Waals surface area contributed by atoms with Crippen molar-refractivity contribution in [3.63, 3.8) is 0 Å². The van der Waals surface area contributed by atoms with Gasteiger partial charge in [-0.15, -0.1) is 0 Å². The minimum absolute atomic E-state index is 0.274. The third-order valence-corrected chi connectivity index (χ3v) is 3.22. The Balaban J connectivity index is 2.14. The van der Waals surface area contributed by atoms with Crippen LogP contribution in [0.25, 0.3) is 0 Å². The molecule has 1 aliphatic rings. The van der Waals surface area contributed by atoms with Crippen LogP contribution in [0.5, 0.6) is 0 Å². The first-order chi connectivity index (χ1) is 7.58. The summed E-state index contributed by atoms with van der Waals surface area (Å²) in [4.78, 5) is 4.44. The number of benzene rings is 1. The number of rotatable bonds is 2. The smallest absolute Gasteiger partial charge is 0.125 e. The van der Waals surface area contributed by atoms with Gasteiger partial charge < -0.3 is 15.5 Å². The second-order valence-electron chi connectivity index (χ2n) is 4.56. The molecule has 0 aliphatic carbocycles. The van der Waals surface area contributed by atoms with Gasteiger partial charge in [0.1, 0.15) is 5.82 Å². The maximum Gasteiger partial charge on any atom is 0.125 e. The van der Waals surface area contributed by atoms with Gasteiger partial charge in [-0.1, -0.05) is 0 Å². The van der Waals surface area contributed by atoms with Crippen LogP contribution in [0.2, 0.25) is 0 Å². The van der Waals surface area contributed by atoms with Crippen molar-refractivity contribution in [2.75, 3.05) is 37.8 Å². The van der Waals surface area contributed by atoms with Crippen molar-refractivity contribution in [1.82, 2.24) is 4.90 Å². The zero-order chi connectivity index (χ0) is 11.7. The van der Waals surface area contributed by atoms with Gasteiger partial charge in [-0.3, -0.25) is 0 Å². The molecule has 0 aromatic heterocycles. The van der Waals surface area contributed by atoms with Crippen LogP contribution >= 0.6 is 0 Å². The average Bonchev–Trinajstić information content (AvgIpc) is 2.66. The van der Waals surface area contributed by atoms with Crippen LogP contribution in [0.3, 0.4) is 0 Å². The third-order valence-electron chi connectivity index (χ3n) is 3.22. The van der Waals surface area contributed by atoms with E-state index in [1.807, 2.05) is 0 Å². The molecule has 1 aromatic carbocycles. The van der Waals surface area contributed by atoms with E-state index in [1.54, 1.807) is 6.07 Å². The Morgan fingerprint density at radius 3 is 2.75 bits per heavy atom. The molecule has 1 unspecified atom stereocenters. The van der Waals surface area contributed by atoms with E-state index in [0.717, 1.165) is 25.2 Å². The third kappa shape index (κ3) is 2.11. The van der Waals surface area contributed by atoms with Crippen LogP contribution in [0.4, 0.5) is 15.8 Å². The Kier molecular flexibility index (Phi) is 3.01. The summed E-state index contributed by atoms with van der Waals surface area (Å²) in [6, 6.07) is 5.18. The van der Waals surface area contributed by atoms with Gasteiger partial charge in [-0.05, 0) is 38.7 Å². The number of nitrogens with two attached hydrogens (primary N) is 1. The number of anilines is 2. The van der Waals surface area contributed by atoms with Crippen molar-refractivity contribution in [1.29, 1.82) is 0 Å². The SMILES string of the molecule is CN(C)C1CCN(c2ccc(F)cc2N)C1. The topological polar surface area (TPSA) is 32.5 Å². The van der Waals surface area contributed by atoms with Gasteiger partial charge in [0.05, 0.1) is 11.4 Å². The van der Waals surface area contributed by atoms with Crippen molar-refractivity contribution >= 4 is 11.4 Å². The molecule has 1 fully saturated rings. The van der Waals surface area contributed by atoms with Gasteiger partial charge in [0.25, 0.3) is 0 Å². The molecule has 16 heavy (non-hydrogen) atoms. The molecule has 1 heterocycles. The average molecular weight is 223 g/mol. The summed E-state index contributed by atoms with van der Waals surface area (Å²) >= 11 is 0. The second kappa shape index (κ2) is 4.29. The van der Waals surface area contributed by atoms with Crippen molar-refractivity contribution in [3.8, 4) is 0 Å². The number of hydrogen-bond donors (Lipinski definition) is 1. The quantitative estimate of drug-likeness (QED) is 0.772. The first-order valence-electron chi connectivity index (χ1n) is 5.54. The number of nitrogen functional groups attached to an aromatic ring is 1. The van der Waals surface area contributed by atoms with Gasteiger partial charge >= 0.3 is 0 Å². The second-order valence-corrected chi connectivity index (χ2v) is 4.56. The van der Waals surface area contributed by atoms with Crippen molar-refractivity contribution in [3.05, 3.63) is 24.0 Å². The van der Waals surface area contributed by atoms with E-state index in [9.17, 15) is 4.39 Å². The number of likely N-dealkylation sites (N-methyl/N-ethyl adjacent to an activating group) is 1. The predicted molar refractivity (Wildman–Crippen MR) is 65.1 cm³/mol. The fourth-order valence-corrected chi connectivity index (χ4v) is 2.20. The number of halogens is 1. The Bertz CT molecular complexity index is 379. The largest absolute Gasteiger partial charge is 0.397 e. The van der Waals surface area contributed by atoms with Crippen LogP contribution in [-0.4, -0.2) is 38.1 Å². The molecule has 2 N–H and O–H groups in total. The zero-order valence-electron chi connectivity index (χ0n) is 9.78. The summed E-state index contributed by atoms with van der Waals surface area (Å²) in [5.74, 6) is -0.274. The normalized spacial score (nSPS) is 20.8. The molecule has 1 aliphatic heterocycles. The Hall–Kier alpha value is -1.29. The lowest BCUT2D eigenvalue weighted by atomic mass is 10.2. The summed E-state index contributed by atoms with van der Waals surface area (Å²) in [6.45, 7) is 1.95. The highest BCUT2D eigenvalue weighted by Gasteiger charge is 2.25. The van der Waals surface area contributed by atoms with E-state index in [-0.39, 0.29) is 5.82 Å². The van der Waals surface area contributed by atoms with E-state index in [4.69, 9.17) is 5.73 Å². The van der Waals surface area contributed by atoms with Crippen molar-refractivity contribution in [2.45, 2.75) is 12.5 Å². The molecule has 2 rings (SSSR count). The maximum atomic E-state index is 12.9. The Morgan fingerprint density at radius 2 is 2.19 bits per heavy atom. The molecule has 0 bridgehead atoms. The lowest BCUT2D eigenvalue weighted by Gasteiger charge is -2.22. The van der Waals surface area contributed by atoms with Crippen LogP contribution in [0, 0.1) is 5.82 Å². The van der Waals surface area contributed by atoms with E-state index < -0.39 is 0 Å². The first-order valence-corrected chi connectivity index (χ1v) is 5.54. The molecular weight excluding hydrogens is 205 g/mol. The van der Waals surface area contributed by atoms with Crippen LogP contribution < -0.4 is 10.6 Å². The lowest BCUT2D eigenvalue weighted by molar-refractivity contribution is 0.315. The highest BCUT2D eigenvalue weighted by atomic mass is 19.1. The van der Waals surface area contributed by atoms with Gasteiger partial charge in [0.15, 0.2) is 0 Å². The molecule has 0 radical (unpaired) electrons. The lowest BCUT2D eigenvalue weighted by Crippen LogP contribution is -2.31. The molecule has 1 saturated heterocycles. The van der Waals surface area contributed by atoms with Crippen molar-refractivity contribution < 1.29 is 4.39 Å². The molecule has 1 aromatic rings. The van der Waals surface area contributed by atoms with Gasteiger partial charge in [0.2, 0.25) is 0 Å². The fraction of sp³-hybridized carbons (Fsp3) is 0.500. The summed E-state index contributed by atoms with van der Waals surface area (Å²) < 4.78 is 12.9. The number of nitrogens with zero attached hydrogens (tertiary/aromatic N) is 2. The minimum Gasteiger partial charge on any atom is -0.397 e. The van der Waals surface area contributed by atoms with Gasteiger partial charge in [0, 0.05) is 19.1 Å². The van der Waals surface area contributed by atoms with Crippen LogP contribution in [0.15, 0.2) is 18.2 Å². The summed E-state index contributed by atoms with van der Waals surface area (Å²) in [5, 5.41) is 0. The van der Waals surface area contributed by atoms with Crippen LogP contribution in [-0.2, 0) is 0 Å². The van der Waals surface area contributed by atoms with Crippen LogP contribution in [0.1, 0.15) is 6.42 Å². The minimum atomic E-state index is -0.274. The predicted octanol–water partition coefficient (Wildman–Crippen LogP) is 1.55. The fourth-order valence-electron chi connectivity index (χ4n) is 2.20. The van der Waals surface area contributed by atoms with E-state index in [2.05, 4.69) is 23.9 Å². The molecular formula is C12H18FN3. The van der Waals surface area contributed by atoms with Gasteiger partial charge in [-0.25, -0.2) is 4.39 Å². The molecule has 0 spiro atoms. The molecule has 0 amide bonds. The first kappa shape index (κ1) is 11.2. The monoisotopic (exact) mass is 223 g/mol. The van der Waals surface area contributed by atoms with Crippen molar-refractivity contribution in [2.24, 2.45) is 0 Å². The highest BCUT2D eigenvalue weighted by Crippen LogP contribution is 2.28.